The molecule has 2 aliphatic rings. The van der Waals surface area contributed by atoms with Gasteiger partial charge in [-0.05, 0) is 50.3 Å². The van der Waals surface area contributed by atoms with Crippen molar-refractivity contribution in [2.45, 2.75) is 38.1 Å². The molecule has 1 atom stereocenters. The van der Waals surface area contributed by atoms with E-state index in [4.69, 9.17) is 14.2 Å². The van der Waals surface area contributed by atoms with E-state index in [1.165, 1.54) is 6.42 Å². The van der Waals surface area contributed by atoms with Crippen molar-refractivity contribution in [2.75, 3.05) is 58.6 Å². The fraction of sp³-hybridized carbons (Fsp3) is 0.667. The number of morpholine rings is 1. The Morgan fingerprint density at radius 1 is 1.19 bits per heavy atom. The zero-order valence-electron chi connectivity index (χ0n) is 16.6. The number of hydrogen-bond acceptors (Lipinski definition) is 5. The zero-order valence-corrected chi connectivity index (χ0v) is 16.6. The van der Waals surface area contributed by atoms with Crippen molar-refractivity contribution in [2.24, 2.45) is 0 Å². The third kappa shape index (κ3) is 4.93. The van der Waals surface area contributed by atoms with Gasteiger partial charge in [-0.15, -0.1) is 0 Å². The molecular weight excluding hydrogens is 344 g/mol. The second kappa shape index (κ2) is 9.95. The monoisotopic (exact) mass is 376 g/mol. The Kier molecular flexibility index (Phi) is 7.35. The van der Waals surface area contributed by atoms with Gasteiger partial charge in [-0.1, -0.05) is 0 Å². The molecule has 2 heterocycles. The fourth-order valence-electron chi connectivity index (χ4n) is 4.07. The molecule has 150 valence electrons. The zero-order chi connectivity index (χ0) is 19.1. The number of carbonyl (C=O) groups excluding carboxylic acids is 1. The first-order chi connectivity index (χ1) is 13.2. The maximum Gasteiger partial charge on any atom is 0.254 e. The Morgan fingerprint density at radius 3 is 2.74 bits per heavy atom. The summed E-state index contributed by atoms with van der Waals surface area (Å²) in [5.74, 6) is 0.943. The number of ether oxygens (including phenoxy) is 3. The molecule has 6 nitrogen and oxygen atoms in total. The number of carbonyl (C=O) groups is 1. The van der Waals surface area contributed by atoms with E-state index in [0.717, 1.165) is 68.9 Å². The van der Waals surface area contributed by atoms with Crippen LogP contribution in [0.1, 0.15) is 42.5 Å². The fourth-order valence-corrected chi connectivity index (χ4v) is 4.07. The summed E-state index contributed by atoms with van der Waals surface area (Å²) in [5, 5.41) is 0. The topological polar surface area (TPSA) is 51.2 Å². The first-order valence-electron chi connectivity index (χ1n) is 10.0. The minimum atomic E-state index is 0.134. The summed E-state index contributed by atoms with van der Waals surface area (Å²) >= 11 is 0. The lowest BCUT2D eigenvalue weighted by Crippen LogP contribution is -2.44. The van der Waals surface area contributed by atoms with Crippen LogP contribution in [-0.4, -0.2) is 70.5 Å². The number of likely N-dealkylation sites (tertiary alicyclic amines) is 1. The average molecular weight is 376 g/mol. The number of hydrogen-bond donors (Lipinski definition) is 0. The molecule has 0 saturated carbocycles. The van der Waals surface area contributed by atoms with Gasteiger partial charge in [-0.3, -0.25) is 4.79 Å². The van der Waals surface area contributed by atoms with E-state index in [1.54, 1.807) is 14.2 Å². The molecule has 0 aliphatic carbocycles. The predicted molar refractivity (Wildman–Crippen MR) is 106 cm³/mol. The Hall–Kier alpha value is -1.79. The molecule has 3 rings (SSSR count). The van der Waals surface area contributed by atoms with Crippen molar-refractivity contribution in [3.05, 3.63) is 23.8 Å². The van der Waals surface area contributed by atoms with Gasteiger partial charge in [0.25, 0.3) is 5.91 Å². The van der Waals surface area contributed by atoms with Crippen molar-refractivity contribution in [1.29, 1.82) is 0 Å². The van der Waals surface area contributed by atoms with Gasteiger partial charge in [-0.25, -0.2) is 0 Å². The second-order valence-electron chi connectivity index (χ2n) is 7.27. The van der Waals surface area contributed by atoms with E-state index in [1.807, 2.05) is 18.2 Å². The van der Waals surface area contributed by atoms with Crippen LogP contribution in [-0.2, 0) is 9.47 Å². The Morgan fingerprint density at radius 2 is 2.00 bits per heavy atom. The minimum absolute atomic E-state index is 0.134. The van der Waals surface area contributed by atoms with E-state index < -0.39 is 0 Å². The van der Waals surface area contributed by atoms with Crippen LogP contribution < -0.4 is 9.64 Å². The van der Waals surface area contributed by atoms with E-state index in [-0.39, 0.29) is 5.91 Å². The van der Waals surface area contributed by atoms with Crippen LogP contribution in [0.2, 0.25) is 0 Å². The van der Waals surface area contributed by atoms with Crippen molar-refractivity contribution in [3.63, 3.8) is 0 Å². The molecule has 0 bridgehead atoms. The maximum absolute atomic E-state index is 13.3. The number of piperidine rings is 1. The molecule has 1 amide bonds. The number of anilines is 1. The summed E-state index contributed by atoms with van der Waals surface area (Å²) in [7, 11) is 3.41. The first kappa shape index (κ1) is 20.0. The largest absolute Gasteiger partial charge is 0.495 e. The molecule has 27 heavy (non-hydrogen) atoms. The maximum atomic E-state index is 13.3. The van der Waals surface area contributed by atoms with Gasteiger partial charge in [0.15, 0.2) is 0 Å². The molecule has 0 spiro atoms. The van der Waals surface area contributed by atoms with Crippen LogP contribution in [0.3, 0.4) is 0 Å². The van der Waals surface area contributed by atoms with Crippen LogP contribution >= 0.6 is 0 Å². The summed E-state index contributed by atoms with van der Waals surface area (Å²) in [6, 6.07) is 6.12. The van der Waals surface area contributed by atoms with Crippen molar-refractivity contribution >= 4 is 11.6 Å². The summed E-state index contributed by atoms with van der Waals surface area (Å²) in [5.41, 5.74) is 1.73. The van der Waals surface area contributed by atoms with Crippen molar-refractivity contribution < 1.29 is 19.0 Å². The molecule has 2 aliphatic heterocycles. The lowest BCUT2D eigenvalue weighted by molar-refractivity contribution is 0.0585. The Labute approximate surface area is 162 Å². The molecule has 0 unspecified atom stereocenters. The molecule has 1 aromatic carbocycles. The van der Waals surface area contributed by atoms with Crippen LogP contribution in [0, 0.1) is 0 Å². The highest BCUT2D eigenvalue weighted by Gasteiger charge is 2.28. The summed E-state index contributed by atoms with van der Waals surface area (Å²) in [6.07, 6.45) is 5.36. The second-order valence-corrected chi connectivity index (χ2v) is 7.27. The van der Waals surface area contributed by atoms with E-state index in [9.17, 15) is 4.79 Å². The molecule has 6 heteroatoms. The Bertz CT molecular complexity index is 616. The van der Waals surface area contributed by atoms with Crippen LogP contribution in [0.15, 0.2) is 18.2 Å². The number of rotatable bonds is 7. The van der Waals surface area contributed by atoms with Crippen molar-refractivity contribution in [1.82, 2.24) is 4.90 Å². The molecule has 2 saturated heterocycles. The summed E-state index contributed by atoms with van der Waals surface area (Å²) in [6.45, 7) is 4.64. The van der Waals surface area contributed by atoms with Crippen molar-refractivity contribution in [3.8, 4) is 5.75 Å². The lowest BCUT2D eigenvalue weighted by Gasteiger charge is -2.36. The Balaban J connectivity index is 1.78. The highest BCUT2D eigenvalue weighted by Crippen LogP contribution is 2.31. The van der Waals surface area contributed by atoms with Gasteiger partial charge in [0.1, 0.15) is 5.75 Å². The smallest absolute Gasteiger partial charge is 0.254 e. The van der Waals surface area contributed by atoms with Gasteiger partial charge in [0, 0.05) is 45.0 Å². The van der Waals surface area contributed by atoms with Gasteiger partial charge in [-0.2, -0.15) is 0 Å². The average Bonchev–Trinajstić information content (AvgIpc) is 2.74. The van der Waals surface area contributed by atoms with Crippen LogP contribution in [0.5, 0.6) is 5.75 Å². The molecular formula is C21H32N2O4. The lowest BCUT2D eigenvalue weighted by atomic mass is 9.97. The predicted octanol–water partition coefficient (Wildman–Crippen LogP) is 2.95. The summed E-state index contributed by atoms with van der Waals surface area (Å²) in [4.78, 5) is 17.6. The quantitative estimate of drug-likeness (QED) is 0.685. The summed E-state index contributed by atoms with van der Waals surface area (Å²) < 4.78 is 16.2. The normalized spacial score (nSPS) is 20.6. The number of amides is 1. The van der Waals surface area contributed by atoms with Crippen LogP contribution in [0.4, 0.5) is 5.69 Å². The van der Waals surface area contributed by atoms with Gasteiger partial charge in [0.05, 0.1) is 26.0 Å². The molecule has 1 aromatic rings. The number of methoxy groups -OCH3 is 2. The minimum Gasteiger partial charge on any atom is -0.495 e. The third-order valence-corrected chi connectivity index (χ3v) is 5.55. The van der Waals surface area contributed by atoms with Gasteiger partial charge < -0.3 is 24.0 Å². The standard InChI is InChI=1S/C21H32N2O4/c1-25-13-5-7-18-6-3-4-10-23(18)21(24)17-8-9-20(26-2)19(16-17)22-11-14-27-15-12-22/h8-9,16,18H,3-7,10-15H2,1-2H3/t18-/m0/s1. The number of benzene rings is 1. The highest BCUT2D eigenvalue weighted by molar-refractivity contribution is 5.96. The van der Waals surface area contributed by atoms with Gasteiger partial charge in [0.2, 0.25) is 0 Å². The highest BCUT2D eigenvalue weighted by atomic mass is 16.5. The molecule has 0 N–H and O–H groups in total. The molecule has 2 fully saturated rings. The van der Waals surface area contributed by atoms with E-state index >= 15 is 0 Å². The van der Waals surface area contributed by atoms with Gasteiger partial charge >= 0.3 is 0 Å². The first-order valence-corrected chi connectivity index (χ1v) is 10.0. The van der Waals surface area contributed by atoms with Crippen LogP contribution in [0.25, 0.3) is 0 Å². The number of nitrogens with zero attached hydrogens (tertiary/aromatic N) is 2. The molecule has 0 radical (unpaired) electrons. The molecule has 0 aromatic heterocycles. The van der Waals surface area contributed by atoms with E-state index in [2.05, 4.69) is 9.80 Å². The van der Waals surface area contributed by atoms with E-state index in [0.29, 0.717) is 19.3 Å². The third-order valence-electron chi connectivity index (χ3n) is 5.55. The SMILES string of the molecule is COCCC[C@@H]1CCCCN1C(=O)c1ccc(OC)c(N2CCOCC2)c1.